The molecule has 6 heteroatoms. The van der Waals surface area contributed by atoms with Crippen LogP contribution in [0.4, 0.5) is 4.39 Å². The molecule has 112 valence electrons. The Labute approximate surface area is 131 Å². The standard InChI is InChI=1S/C15H13Cl2FO3/c1-20-13-6-11(16)5-10(7-19)15(13)21-8-9-3-2-4-12(17)14(9)18/h2-6,19H,7-8H2,1H3. The number of hydrogen-bond donors (Lipinski definition) is 1. The van der Waals surface area contributed by atoms with Crippen molar-refractivity contribution < 1.29 is 19.0 Å². The van der Waals surface area contributed by atoms with Crippen molar-refractivity contribution in [2.24, 2.45) is 0 Å². The Morgan fingerprint density at radius 1 is 1.19 bits per heavy atom. The highest BCUT2D eigenvalue weighted by Gasteiger charge is 2.14. The molecule has 2 aromatic rings. The first-order valence-corrected chi connectivity index (χ1v) is 6.85. The summed E-state index contributed by atoms with van der Waals surface area (Å²) in [6, 6.07) is 7.79. The summed E-state index contributed by atoms with van der Waals surface area (Å²) in [5.74, 6) is 0.162. The molecule has 0 saturated carbocycles. The molecule has 0 atom stereocenters. The van der Waals surface area contributed by atoms with Crippen LogP contribution in [0.15, 0.2) is 30.3 Å². The molecule has 0 aromatic heterocycles. The molecule has 0 bridgehead atoms. The second-order valence-corrected chi connectivity index (χ2v) is 5.10. The maximum atomic E-state index is 13.8. The van der Waals surface area contributed by atoms with Gasteiger partial charge in [-0.15, -0.1) is 0 Å². The van der Waals surface area contributed by atoms with E-state index in [4.69, 9.17) is 32.7 Å². The van der Waals surface area contributed by atoms with Gasteiger partial charge in [-0.05, 0) is 12.1 Å². The minimum absolute atomic E-state index is 0.0292. The second kappa shape index (κ2) is 6.98. The molecule has 0 unspecified atom stereocenters. The summed E-state index contributed by atoms with van der Waals surface area (Å²) in [4.78, 5) is 0. The lowest BCUT2D eigenvalue weighted by Gasteiger charge is -2.15. The number of halogens is 3. The van der Waals surface area contributed by atoms with Crippen LogP contribution in [-0.4, -0.2) is 12.2 Å². The van der Waals surface area contributed by atoms with Crippen LogP contribution in [-0.2, 0) is 13.2 Å². The summed E-state index contributed by atoms with van der Waals surface area (Å²) < 4.78 is 24.6. The summed E-state index contributed by atoms with van der Waals surface area (Å²) >= 11 is 11.6. The third-order valence-corrected chi connectivity index (χ3v) is 3.40. The minimum atomic E-state index is -0.530. The monoisotopic (exact) mass is 330 g/mol. The highest BCUT2D eigenvalue weighted by molar-refractivity contribution is 6.31. The smallest absolute Gasteiger partial charge is 0.167 e. The highest BCUT2D eigenvalue weighted by Crippen LogP contribution is 2.35. The lowest BCUT2D eigenvalue weighted by Crippen LogP contribution is -2.03. The van der Waals surface area contributed by atoms with Crippen LogP contribution in [0.2, 0.25) is 10.0 Å². The van der Waals surface area contributed by atoms with Crippen LogP contribution in [0.3, 0.4) is 0 Å². The van der Waals surface area contributed by atoms with E-state index < -0.39 is 5.82 Å². The molecular formula is C15H13Cl2FO3. The number of methoxy groups -OCH3 is 1. The summed E-state index contributed by atoms with van der Waals surface area (Å²) in [6.45, 7) is -0.318. The van der Waals surface area contributed by atoms with Crippen LogP contribution in [0, 0.1) is 5.82 Å². The summed E-state index contributed by atoms with van der Waals surface area (Å²) in [6.07, 6.45) is 0. The Kier molecular flexibility index (Phi) is 5.28. The van der Waals surface area contributed by atoms with Crippen LogP contribution in [0.25, 0.3) is 0 Å². The second-order valence-electron chi connectivity index (χ2n) is 4.26. The van der Waals surface area contributed by atoms with Crippen LogP contribution in [0.1, 0.15) is 11.1 Å². The van der Waals surface area contributed by atoms with Gasteiger partial charge in [0, 0.05) is 22.2 Å². The Morgan fingerprint density at radius 3 is 2.62 bits per heavy atom. The molecule has 0 amide bonds. The maximum Gasteiger partial charge on any atom is 0.167 e. The Balaban J connectivity index is 2.29. The quantitative estimate of drug-likeness (QED) is 0.892. The first-order chi connectivity index (χ1) is 10.1. The zero-order chi connectivity index (χ0) is 15.4. The first-order valence-electron chi connectivity index (χ1n) is 6.09. The number of hydrogen-bond acceptors (Lipinski definition) is 3. The molecule has 0 aliphatic rings. The third kappa shape index (κ3) is 3.59. The molecule has 21 heavy (non-hydrogen) atoms. The van der Waals surface area contributed by atoms with E-state index >= 15 is 0 Å². The molecule has 2 aromatic carbocycles. The summed E-state index contributed by atoms with van der Waals surface area (Å²) in [7, 11) is 1.46. The molecule has 0 radical (unpaired) electrons. The fourth-order valence-electron chi connectivity index (χ4n) is 1.87. The summed E-state index contributed by atoms with van der Waals surface area (Å²) in [5, 5.41) is 9.81. The van der Waals surface area contributed by atoms with Crippen molar-refractivity contribution in [2.45, 2.75) is 13.2 Å². The first kappa shape index (κ1) is 15.9. The zero-order valence-electron chi connectivity index (χ0n) is 11.2. The maximum absolute atomic E-state index is 13.8. The molecule has 1 N–H and O–H groups in total. The van der Waals surface area contributed by atoms with Crippen molar-refractivity contribution in [2.75, 3.05) is 7.11 Å². The molecule has 0 heterocycles. The van der Waals surface area contributed by atoms with Gasteiger partial charge in [-0.3, -0.25) is 0 Å². The van der Waals surface area contributed by atoms with Gasteiger partial charge in [-0.1, -0.05) is 35.3 Å². The number of aliphatic hydroxyl groups is 1. The molecule has 0 saturated heterocycles. The lowest BCUT2D eigenvalue weighted by molar-refractivity contribution is 0.248. The van der Waals surface area contributed by atoms with Gasteiger partial charge in [-0.25, -0.2) is 4.39 Å². The van der Waals surface area contributed by atoms with E-state index in [9.17, 15) is 9.50 Å². The van der Waals surface area contributed by atoms with Crippen LogP contribution in [0.5, 0.6) is 11.5 Å². The van der Waals surface area contributed by atoms with Gasteiger partial charge < -0.3 is 14.6 Å². The topological polar surface area (TPSA) is 38.7 Å². The Hall–Kier alpha value is -1.49. The van der Waals surface area contributed by atoms with Gasteiger partial charge in [0.1, 0.15) is 12.4 Å². The van der Waals surface area contributed by atoms with Crippen molar-refractivity contribution in [3.05, 3.63) is 57.3 Å². The fourth-order valence-corrected chi connectivity index (χ4v) is 2.29. The molecule has 3 nitrogen and oxygen atoms in total. The van der Waals surface area contributed by atoms with Crippen LogP contribution >= 0.6 is 23.2 Å². The van der Waals surface area contributed by atoms with Gasteiger partial charge in [-0.2, -0.15) is 0 Å². The third-order valence-electron chi connectivity index (χ3n) is 2.89. The molecule has 0 aliphatic heterocycles. The molecule has 0 fully saturated rings. The van der Waals surface area contributed by atoms with Gasteiger partial charge in [0.25, 0.3) is 0 Å². The van der Waals surface area contributed by atoms with Crippen molar-refractivity contribution >= 4 is 23.2 Å². The van der Waals surface area contributed by atoms with Gasteiger partial charge in [0.15, 0.2) is 11.5 Å². The fraction of sp³-hybridized carbons (Fsp3) is 0.200. The lowest BCUT2D eigenvalue weighted by atomic mass is 10.2. The Bertz CT molecular complexity index is 622. The van der Waals surface area contributed by atoms with Gasteiger partial charge in [0.05, 0.1) is 18.7 Å². The zero-order valence-corrected chi connectivity index (χ0v) is 12.7. The molecule has 0 spiro atoms. The van der Waals surface area contributed by atoms with E-state index in [2.05, 4.69) is 0 Å². The largest absolute Gasteiger partial charge is 0.493 e. The predicted octanol–water partition coefficient (Wildman–Crippen LogP) is 4.21. The van der Waals surface area contributed by atoms with Crippen molar-refractivity contribution in [1.82, 2.24) is 0 Å². The van der Waals surface area contributed by atoms with Crippen molar-refractivity contribution in [1.29, 1.82) is 0 Å². The molecule has 0 aliphatic carbocycles. The molecule has 2 rings (SSSR count). The predicted molar refractivity (Wildman–Crippen MR) is 79.7 cm³/mol. The van der Waals surface area contributed by atoms with E-state index in [0.29, 0.717) is 27.6 Å². The average Bonchev–Trinajstić information content (AvgIpc) is 2.48. The highest BCUT2D eigenvalue weighted by atomic mass is 35.5. The number of rotatable bonds is 5. The van der Waals surface area contributed by atoms with E-state index in [1.165, 1.54) is 13.2 Å². The van der Waals surface area contributed by atoms with Crippen molar-refractivity contribution in [3.63, 3.8) is 0 Å². The normalized spacial score (nSPS) is 10.5. The summed E-state index contributed by atoms with van der Waals surface area (Å²) in [5.41, 5.74) is 0.769. The van der Waals surface area contributed by atoms with Gasteiger partial charge in [0.2, 0.25) is 0 Å². The van der Waals surface area contributed by atoms with E-state index in [1.807, 2.05) is 0 Å². The van der Waals surface area contributed by atoms with Crippen LogP contribution < -0.4 is 9.47 Å². The van der Waals surface area contributed by atoms with Gasteiger partial charge >= 0.3 is 0 Å². The number of benzene rings is 2. The number of aliphatic hydroxyl groups excluding tert-OH is 1. The van der Waals surface area contributed by atoms with E-state index in [1.54, 1.807) is 24.3 Å². The molecular weight excluding hydrogens is 318 g/mol. The average molecular weight is 331 g/mol. The van der Waals surface area contributed by atoms with E-state index in [0.717, 1.165) is 0 Å². The number of ether oxygens (including phenoxy) is 2. The van der Waals surface area contributed by atoms with E-state index in [-0.39, 0.29) is 18.2 Å². The van der Waals surface area contributed by atoms with Crippen molar-refractivity contribution in [3.8, 4) is 11.5 Å². The SMILES string of the molecule is COc1cc(Cl)cc(CO)c1OCc1cccc(Cl)c1F. The Morgan fingerprint density at radius 2 is 1.95 bits per heavy atom. The minimum Gasteiger partial charge on any atom is -0.493 e.